The Bertz CT molecular complexity index is 1220. The molecule has 0 radical (unpaired) electrons. The quantitative estimate of drug-likeness (QED) is 0.534. The van der Waals surface area contributed by atoms with Crippen LogP contribution < -0.4 is 15.4 Å². The van der Waals surface area contributed by atoms with E-state index < -0.39 is 5.92 Å². The fourth-order valence-corrected chi connectivity index (χ4v) is 4.17. The summed E-state index contributed by atoms with van der Waals surface area (Å²) in [6.45, 7) is 2.03. The van der Waals surface area contributed by atoms with Gasteiger partial charge in [0.15, 0.2) is 0 Å². The van der Waals surface area contributed by atoms with E-state index in [1.807, 2.05) is 47.9 Å². The molecule has 1 aliphatic rings. The average molecular weight is 405 g/mol. The monoisotopic (exact) mass is 405 g/mol. The summed E-state index contributed by atoms with van der Waals surface area (Å²) in [6.07, 6.45) is 4.37. The minimum Gasteiger partial charge on any atom is -0.497 e. The number of imidazole rings is 1. The van der Waals surface area contributed by atoms with Crippen LogP contribution in [0.5, 0.6) is 5.75 Å². The molecule has 0 spiro atoms. The topological polar surface area (TPSA) is 80.5 Å². The molecule has 0 aliphatic carbocycles. The molecule has 4 aromatic rings. The van der Waals surface area contributed by atoms with Crippen molar-refractivity contribution >= 4 is 39.4 Å². The third kappa shape index (κ3) is 3.11. The first kappa shape index (κ1) is 17.7. The maximum absolute atomic E-state index is 13.0. The fraction of sp³-hybridized carbons (Fsp3) is 0.190. The van der Waals surface area contributed by atoms with Gasteiger partial charge in [0.25, 0.3) is 0 Å². The number of benzene rings is 1. The molecule has 1 aliphatic heterocycles. The van der Waals surface area contributed by atoms with Crippen molar-refractivity contribution in [2.75, 3.05) is 17.7 Å². The summed E-state index contributed by atoms with van der Waals surface area (Å²) in [4.78, 5) is 22.0. The lowest BCUT2D eigenvalue weighted by atomic mass is 9.90. The van der Waals surface area contributed by atoms with E-state index in [1.54, 1.807) is 18.8 Å². The lowest BCUT2D eigenvalue weighted by Gasteiger charge is -2.24. The van der Waals surface area contributed by atoms with Gasteiger partial charge < -0.3 is 15.4 Å². The van der Waals surface area contributed by atoms with Crippen molar-refractivity contribution in [1.82, 2.24) is 14.4 Å². The van der Waals surface area contributed by atoms with Gasteiger partial charge in [-0.25, -0.2) is 4.98 Å². The van der Waals surface area contributed by atoms with E-state index in [2.05, 4.69) is 15.6 Å². The van der Waals surface area contributed by atoms with Crippen LogP contribution in [0, 0.1) is 6.92 Å². The summed E-state index contributed by atoms with van der Waals surface area (Å²) in [5.41, 5.74) is 6.26. The predicted octanol–water partition coefficient (Wildman–Crippen LogP) is 4.13. The molecule has 1 atom stereocenters. The number of ether oxygens (including phenoxy) is 1. The molecule has 5 rings (SSSR count). The summed E-state index contributed by atoms with van der Waals surface area (Å²) < 4.78 is 7.28. The van der Waals surface area contributed by atoms with Crippen LogP contribution in [-0.2, 0) is 11.2 Å². The number of anilines is 3. The predicted molar refractivity (Wildman–Crippen MR) is 113 cm³/mol. The molecule has 0 saturated heterocycles. The van der Waals surface area contributed by atoms with Crippen molar-refractivity contribution < 1.29 is 9.53 Å². The molecule has 1 unspecified atom stereocenters. The minimum absolute atomic E-state index is 0.0711. The van der Waals surface area contributed by atoms with E-state index in [0.717, 1.165) is 44.7 Å². The number of aryl methyl sites for hydroxylation is 1. The van der Waals surface area contributed by atoms with Crippen LogP contribution in [0.2, 0.25) is 0 Å². The van der Waals surface area contributed by atoms with Crippen molar-refractivity contribution in [2.24, 2.45) is 0 Å². The Hall–Kier alpha value is -3.39. The number of rotatable bonds is 4. The van der Waals surface area contributed by atoms with Gasteiger partial charge >= 0.3 is 0 Å². The van der Waals surface area contributed by atoms with Crippen LogP contribution in [0.15, 0.2) is 48.2 Å². The molecule has 0 fully saturated rings. The third-order valence-corrected chi connectivity index (χ3v) is 5.80. The second-order valence-corrected chi connectivity index (χ2v) is 7.93. The van der Waals surface area contributed by atoms with Gasteiger partial charge in [-0.3, -0.25) is 14.2 Å². The number of nitrogens with zero attached hydrogens (tertiary/aromatic N) is 3. The zero-order chi connectivity index (χ0) is 20.0. The highest BCUT2D eigenvalue weighted by Gasteiger charge is 2.32. The summed E-state index contributed by atoms with van der Waals surface area (Å²) >= 11 is 1.50. The minimum atomic E-state index is -0.397. The summed E-state index contributed by atoms with van der Waals surface area (Å²) in [7, 11) is 1.62. The molecule has 8 heteroatoms. The van der Waals surface area contributed by atoms with Gasteiger partial charge in [0.05, 0.1) is 30.4 Å². The highest BCUT2D eigenvalue weighted by molar-refractivity contribution is 7.13. The number of hydrogen-bond acceptors (Lipinski definition) is 6. The molecule has 29 heavy (non-hydrogen) atoms. The van der Waals surface area contributed by atoms with Gasteiger partial charge in [-0.05, 0) is 36.6 Å². The maximum Gasteiger partial charge on any atom is 0.234 e. The Morgan fingerprint density at radius 1 is 1.31 bits per heavy atom. The van der Waals surface area contributed by atoms with Crippen molar-refractivity contribution in [1.29, 1.82) is 0 Å². The Labute approximate surface area is 171 Å². The molecule has 3 aromatic heterocycles. The van der Waals surface area contributed by atoms with Crippen LogP contribution >= 0.6 is 11.3 Å². The average Bonchev–Trinajstić information content (AvgIpc) is 3.35. The number of hydrogen-bond donors (Lipinski definition) is 2. The number of aromatic nitrogens is 3. The van der Waals surface area contributed by atoms with Gasteiger partial charge in [-0.15, -0.1) is 11.3 Å². The van der Waals surface area contributed by atoms with Gasteiger partial charge in [0.1, 0.15) is 22.2 Å². The van der Waals surface area contributed by atoms with Crippen LogP contribution in [0.25, 0.3) is 5.65 Å². The second kappa shape index (κ2) is 6.89. The second-order valence-electron chi connectivity index (χ2n) is 7.04. The lowest BCUT2D eigenvalue weighted by molar-refractivity contribution is -0.117. The van der Waals surface area contributed by atoms with Crippen LogP contribution in [-0.4, -0.2) is 27.4 Å². The van der Waals surface area contributed by atoms with E-state index in [9.17, 15) is 4.79 Å². The number of carbonyl (C=O) groups excluding carboxylic acids is 1. The van der Waals surface area contributed by atoms with Gasteiger partial charge in [-0.2, -0.15) is 0 Å². The first-order chi connectivity index (χ1) is 14.1. The number of fused-ring (bicyclic) bond motifs is 2. The number of methoxy groups -OCH3 is 1. The first-order valence-corrected chi connectivity index (χ1v) is 10.1. The summed E-state index contributed by atoms with van der Waals surface area (Å²) in [5, 5.41) is 7.34. The summed E-state index contributed by atoms with van der Waals surface area (Å²) in [5.74, 6) is 1.05. The zero-order valence-corrected chi connectivity index (χ0v) is 16.8. The SMILES string of the molecule is COc1ccc2c(c1)NC(=O)C(c1nc3ccc(C)cn3c1Nc1cncs1)C2. The molecule has 0 bridgehead atoms. The Balaban J connectivity index is 1.61. The van der Waals surface area contributed by atoms with Crippen LogP contribution in [0.3, 0.4) is 0 Å². The molecule has 2 N–H and O–H groups in total. The number of pyridine rings is 1. The van der Waals surface area contributed by atoms with E-state index in [0.29, 0.717) is 6.42 Å². The smallest absolute Gasteiger partial charge is 0.234 e. The molecule has 7 nitrogen and oxygen atoms in total. The number of carbonyl (C=O) groups is 1. The van der Waals surface area contributed by atoms with E-state index in [1.165, 1.54) is 11.3 Å². The number of nitrogens with one attached hydrogen (secondary N) is 2. The molecule has 1 aromatic carbocycles. The van der Waals surface area contributed by atoms with Crippen molar-refractivity contribution in [3.8, 4) is 5.75 Å². The molecular weight excluding hydrogens is 386 g/mol. The molecule has 0 saturated carbocycles. The first-order valence-electron chi connectivity index (χ1n) is 9.24. The molecule has 1 amide bonds. The largest absolute Gasteiger partial charge is 0.497 e. The highest BCUT2D eigenvalue weighted by Crippen LogP contribution is 2.37. The fourth-order valence-electron chi connectivity index (χ4n) is 3.66. The maximum atomic E-state index is 13.0. The molecule has 146 valence electrons. The Morgan fingerprint density at radius 2 is 2.21 bits per heavy atom. The lowest BCUT2D eigenvalue weighted by Crippen LogP contribution is -2.29. The standard InChI is InChI=1S/C21H19N5O2S/c1-12-3-6-17-24-19(20(26(17)10-12)25-18-9-22-11-29-18)15-7-13-4-5-14(28-2)8-16(13)23-21(15)27/h3-6,8-11,15,25H,7H2,1-2H3,(H,23,27). The zero-order valence-electron chi connectivity index (χ0n) is 16.0. The van der Waals surface area contributed by atoms with Crippen LogP contribution in [0.1, 0.15) is 22.7 Å². The number of thiazole rings is 1. The van der Waals surface area contributed by atoms with Gasteiger partial charge in [0, 0.05) is 18.0 Å². The van der Waals surface area contributed by atoms with Gasteiger partial charge in [0.2, 0.25) is 5.91 Å². The Morgan fingerprint density at radius 3 is 3.00 bits per heavy atom. The van der Waals surface area contributed by atoms with Crippen molar-refractivity contribution in [3.05, 3.63) is 65.1 Å². The van der Waals surface area contributed by atoms with E-state index >= 15 is 0 Å². The molecule has 4 heterocycles. The van der Waals surface area contributed by atoms with Crippen molar-refractivity contribution in [2.45, 2.75) is 19.3 Å². The van der Waals surface area contributed by atoms with Crippen molar-refractivity contribution in [3.63, 3.8) is 0 Å². The highest BCUT2D eigenvalue weighted by atomic mass is 32.1. The number of amides is 1. The third-order valence-electron chi connectivity index (χ3n) is 5.11. The normalized spacial score (nSPS) is 15.8. The summed E-state index contributed by atoms with van der Waals surface area (Å²) in [6, 6.07) is 9.75. The van der Waals surface area contributed by atoms with Gasteiger partial charge in [-0.1, -0.05) is 12.1 Å². The molecular formula is C21H19N5O2S. The van der Waals surface area contributed by atoms with E-state index in [4.69, 9.17) is 9.72 Å². The van der Waals surface area contributed by atoms with Crippen LogP contribution in [0.4, 0.5) is 16.5 Å². The Kier molecular flexibility index (Phi) is 4.21. The van der Waals surface area contributed by atoms with E-state index in [-0.39, 0.29) is 5.91 Å².